The molecule has 0 aliphatic carbocycles. The van der Waals surface area contributed by atoms with Gasteiger partial charge < -0.3 is 18.8 Å². The molecule has 0 radical (unpaired) electrons. The number of aryl methyl sites for hydroxylation is 2. The molecule has 0 saturated carbocycles. The average Bonchev–Trinajstić information content (AvgIpc) is 3.29. The number of carbonyl (C=O) groups is 2. The van der Waals surface area contributed by atoms with Gasteiger partial charge in [0.2, 0.25) is 16.1 Å². The number of morpholine rings is 1. The fraction of sp³-hybridized carbons (Fsp3) is 0.526. The normalized spacial score (nSPS) is 20.4. The second kappa shape index (κ2) is 8.32. The predicted molar refractivity (Wildman–Crippen MR) is 104 cm³/mol. The number of ether oxygens (including phenoxy) is 3. The van der Waals surface area contributed by atoms with Crippen molar-refractivity contribution in [2.45, 2.75) is 30.3 Å². The van der Waals surface area contributed by atoms with Gasteiger partial charge in [-0.15, -0.1) is 0 Å². The molecule has 0 N–H and O–H groups in total. The molecule has 0 bridgehead atoms. The van der Waals surface area contributed by atoms with Crippen LogP contribution in [0.4, 0.5) is 0 Å². The van der Waals surface area contributed by atoms with E-state index in [4.69, 9.17) is 14.2 Å². The molecule has 0 spiro atoms. The largest absolute Gasteiger partial charge is 0.463 e. The van der Waals surface area contributed by atoms with Gasteiger partial charge in [-0.25, -0.2) is 18.2 Å². The van der Waals surface area contributed by atoms with Gasteiger partial charge in [-0.2, -0.15) is 4.31 Å². The van der Waals surface area contributed by atoms with Crippen LogP contribution in [0.1, 0.15) is 18.7 Å². The first kappa shape index (κ1) is 20.8. The zero-order chi connectivity index (χ0) is 21.3. The summed E-state index contributed by atoms with van der Waals surface area (Å²) in [7, 11) is -1.81. The second-order valence-electron chi connectivity index (χ2n) is 7.19. The number of nitrogens with zero attached hydrogens (tertiary/aromatic N) is 3. The van der Waals surface area contributed by atoms with Crippen LogP contribution in [0, 0.1) is 0 Å². The first-order valence-corrected chi connectivity index (χ1v) is 11.2. The lowest BCUT2D eigenvalue weighted by atomic mass is 10.3. The topological polar surface area (TPSA) is 117 Å². The molecule has 2 aromatic rings. The molecule has 1 atom stereocenters. The van der Waals surface area contributed by atoms with Crippen molar-refractivity contribution in [1.29, 1.82) is 0 Å². The van der Waals surface area contributed by atoms with Crippen molar-refractivity contribution in [1.82, 2.24) is 13.9 Å². The molecular formula is C19H23N3O7S. The number of hydrogen-bond donors (Lipinski definition) is 0. The van der Waals surface area contributed by atoms with Crippen molar-refractivity contribution >= 4 is 33.0 Å². The Bertz CT molecular complexity index is 1070. The van der Waals surface area contributed by atoms with E-state index in [1.54, 1.807) is 25.2 Å². The molecule has 3 heterocycles. The smallest absolute Gasteiger partial charge is 0.347 e. The summed E-state index contributed by atoms with van der Waals surface area (Å²) < 4.78 is 44.1. The number of benzene rings is 1. The molecule has 1 aromatic heterocycles. The number of cyclic esters (lactones) is 1. The molecule has 10 nitrogen and oxygen atoms in total. The highest BCUT2D eigenvalue weighted by molar-refractivity contribution is 7.89. The zero-order valence-electron chi connectivity index (χ0n) is 16.6. The Morgan fingerprint density at radius 2 is 2.03 bits per heavy atom. The Hall–Kier alpha value is -2.50. The Balaban J connectivity index is 1.48. The Morgan fingerprint density at radius 1 is 1.27 bits per heavy atom. The number of fused-ring (bicyclic) bond motifs is 1. The van der Waals surface area contributed by atoms with Crippen LogP contribution < -0.4 is 0 Å². The molecule has 2 aliphatic heterocycles. The fourth-order valence-electron chi connectivity index (χ4n) is 3.57. The Morgan fingerprint density at radius 3 is 2.73 bits per heavy atom. The van der Waals surface area contributed by atoms with E-state index in [1.807, 2.05) is 4.57 Å². The van der Waals surface area contributed by atoms with Crippen molar-refractivity contribution in [2.24, 2.45) is 7.05 Å². The van der Waals surface area contributed by atoms with Gasteiger partial charge >= 0.3 is 11.9 Å². The van der Waals surface area contributed by atoms with Gasteiger partial charge in [-0.05, 0) is 18.2 Å². The summed E-state index contributed by atoms with van der Waals surface area (Å²) >= 11 is 0. The lowest BCUT2D eigenvalue weighted by Crippen LogP contribution is -2.40. The summed E-state index contributed by atoms with van der Waals surface area (Å²) in [6.07, 6.45) is -0.0973. The fourth-order valence-corrected chi connectivity index (χ4v) is 4.99. The van der Waals surface area contributed by atoms with Gasteiger partial charge in [0.25, 0.3) is 0 Å². The minimum absolute atomic E-state index is 0.0554. The van der Waals surface area contributed by atoms with Crippen molar-refractivity contribution in [3.05, 3.63) is 24.0 Å². The molecule has 2 aliphatic rings. The maximum atomic E-state index is 12.9. The van der Waals surface area contributed by atoms with E-state index in [9.17, 15) is 18.0 Å². The van der Waals surface area contributed by atoms with Crippen LogP contribution in [0.2, 0.25) is 0 Å². The average molecular weight is 437 g/mol. The van der Waals surface area contributed by atoms with E-state index in [-0.39, 0.29) is 17.9 Å². The lowest BCUT2D eigenvalue weighted by Gasteiger charge is -2.26. The van der Waals surface area contributed by atoms with Gasteiger partial charge in [0.05, 0.1) is 42.2 Å². The van der Waals surface area contributed by atoms with E-state index < -0.39 is 28.1 Å². The molecular weight excluding hydrogens is 414 g/mol. The highest BCUT2D eigenvalue weighted by Crippen LogP contribution is 2.23. The number of sulfonamides is 1. The standard InChI is InChI=1S/C19H23N3O7S/c1-21-15-3-2-13(30(25,26)22-7-10-27-11-8-22)12-14(15)20-17(21)4-5-18(23)29-16-6-9-28-19(16)24/h2-3,12,16H,4-11H2,1H3/t16-/m0/s1. The quantitative estimate of drug-likeness (QED) is 0.596. The number of hydrogen-bond acceptors (Lipinski definition) is 8. The summed E-state index contributed by atoms with van der Waals surface area (Å²) in [6, 6.07) is 4.83. The summed E-state index contributed by atoms with van der Waals surface area (Å²) in [5.74, 6) is -0.390. The molecule has 162 valence electrons. The third kappa shape index (κ3) is 4.05. The first-order chi connectivity index (χ1) is 14.4. The third-order valence-corrected chi connectivity index (χ3v) is 7.16. The predicted octanol–water partition coefficient (Wildman–Crippen LogP) is 0.386. The second-order valence-corrected chi connectivity index (χ2v) is 9.13. The molecule has 2 saturated heterocycles. The first-order valence-electron chi connectivity index (χ1n) is 9.75. The third-order valence-electron chi connectivity index (χ3n) is 5.27. The van der Waals surface area contributed by atoms with Crippen LogP contribution in [0.25, 0.3) is 11.0 Å². The number of esters is 2. The van der Waals surface area contributed by atoms with E-state index >= 15 is 0 Å². The monoisotopic (exact) mass is 437 g/mol. The SMILES string of the molecule is Cn1c(CCC(=O)O[C@H]2CCOC2=O)nc2cc(S(=O)(=O)N3CCOCC3)ccc21. The van der Waals surface area contributed by atoms with E-state index in [2.05, 4.69) is 4.98 Å². The summed E-state index contributed by atoms with van der Waals surface area (Å²) in [5.41, 5.74) is 1.30. The summed E-state index contributed by atoms with van der Waals surface area (Å²) in [5, 5.41) is 0. The Labute approximate surface area is 173 Å². The molecule has 11 heteroatoms. The highest BCUT2D eigenvalue weighted by Gasteiger charge is 2.30. The molecule has 0 unspecified atom stereocenters. The maximum Gasteiger partial charge on any atom is 0.347 e. The van der Waals surface area contributed by atoms with Crippen LogP contribution >= 0.6 is 0 Å². The molecule has 4 rings (SSSR count). The molecule has 1 aromatic carbocycles. The zero-order valence-corrected chi connectivity index (χ0v) is 17.4. The molecule has 0 amide bonds. The van der Waals surface area contributed by atoms with Gasteiger partial charge in [0, 0.05) is 33.0 Å². The lowest BCUT2D eigenvalue weighted by molar-refractivity contribution is -0.160. The van der Waals surface area contributed by atoms with Crippen molar-refractivity contribution in [3.8, 4) is 0 Å². The molecule has 30 heavy (non-hydrogen) atoms. The van der Waals surface area contributed by atoms with Crippen LogP contribution in [0.5, 0.6) is 0 Å². The van der Waals surface area contributed by atoms with Gasteiger partial charge in [-0.1, -0.05) is 0 Å². The van der Waals surface area contributed by atoms with E-state index in [0.717, 1.165) is 5.52 Å². The number of carbonyl (C=O) groups excluding carboxylic acids is 2. The molecule has 2 fully saturated rings. The van der Waals surface area contributed by atoms with E-state index in [0.29, 0.717) is 50.5 Å². The van der Waals surface area contributed by atoms with Crippen LogP contribution in [0.15, 0.2) is 23.1 Å². The van der Waals surface area contributed by atoms with Gasteiger partial charge in [0.15, 0.2) is 0 Å². The highest BCUT2D eigenvalue weighted by atomic mass is 32.2. The van der Waals surface area contributed by atoms with Gasteiger partial charge in [0.1, 0.15) is 5.82 Å². The minimum Gasteiger partial charge on any atom is -0.463 e. The number of aromatic nitrogens is 2. The van der Waals surface area contributed by atoms with Crippen molar-refractivity contribution < 1.29 is 32.2 Å². The number of rotatable bonds is 6. The van der Waals surface area contributed by atoms with Crippen LogP contribution in [-0.4, -0.2) is 73.2 Å². The van der Waals surface area contributed by atoms with Gasteiger partial charge in [-0.3, -0.25) is 4.79 Å². The maximum absolute atomic E-state index is 12.9. The number of imidazole rings is 1. The minimum atomic E-state index is -3.62. The summed E-state index contributed by atoms with van der Waals surface area (Å²) in [4.78, 5) is 28.1. The van der Waals surface area contributed by atoms with Crippen LogP contribution in [0.3, 0.4) is 0 Å². The van der Waals surface area contributed by atoms with Crippen LogP contribution in [-0.2, 0) is 47.3 Å². The van der Waals surface area contributed by atoms with Crippen molar-refractivity contribution in [2.75, 3.05) is 32.9 Å². The van der Waals surface area contributed by atoms with E-state index in [1.165, 1.54) is 4.31 Å². The van der Waals surface area contributed by atoms with Crippen molar-refractivity contribution in [3.63, 3.8) is 0 Å². The summed E-state index contributed by atoms with van der Waals surface area (Å²) in [6.45, 7) is 1.67. The Kier molecular flexibility index (Phi) is 5.76.